The first-order chi connectivity index (χ1) is 18.6. The highest BCUT2D eigenvalue weighted by atomic mass is 32.2. The van der Waals surface area contributed by atoms with Gasteiger partial charge in [-0.1, -0.05) is 6.07 Å². The summed E-state index contributed by atoms with van der Waals surface area (Å²) in [5.74, 6) is -0.422. The van der Waals surface area contributed by atoms with Crippen LogP contribution in [0.3, 0.4) is 0 Å². The summed E-state index contributed by atoms with van der Waals surface area (Å²) >= 11 is 2.73. The number of aromatic nitrogens is 2. The van der Waals surface area contributed by atoms with Crippen molar-refractivity contribution in [1.29, 1.82) is 0 Å². The van der Waals surface area contributed by atoms with Crippen LogP contribution < -0.4 is 20.9 Å². The lowest BCUT2D eigenvalue weighted by Crippen LogP contribution is -2.50. The molecule has 0 atom stereocenters. The number of thiazole rings is 1. The minimum Gasteiger partial charge on any atom is -0.444 e. The Bertz CT molecular complexity index is 1330. The fourth-order valence-corrected chi connectivity index (χ4v) is 4.94. The van der Waals surface area contributed by atoms with E-state index in [1.165, 1.54) is 0 Å². The van der Waals surface area contributed by atoms with Crippen molar-refractivity contribution >= 4 is 63.3 Å². The van der Waals surface area contributed by atoms with Crippen LogP contribution in [0, 0.1) is 0 Å². The van der Waals surface area contributed by atoms with E-state index in [4.69, 9.17) is 4.74 Å². The minimum atomic E-state index is -0.550. The van der Waals surface area contributed by atoms with E-state index in [2.05, 4.69) is 30.8 Å². The maximum atomic E-state index is 13.0. The average molecular weight is 570 g/mol. The zero-order chi connectivity index (χ0) is 28.0. The Labute approximate surface area is 235 Å². The highest BCUT2D eigenvalue weighted by molar-refractivity contribution is 7.98. The predicted octanol–water partition coefficient (Wildman–Crippen LogP) is 5.21. The third-order valence-corrected chi connectivity index (χ3v) is 7.09. The Kier molecular flexibility index (Phi) is 8.92. The summed E-state index contributed by atoms with van der Waals surface area (Å²) in [6, 6.07) is 8.85. The number of nitrogens with zero attached hydrogens (tertiary/aromatic N) is 4. The number of ether oxygens (including phenoxy) is 1. The summed E-state index contributed by atoms with van der Waals surface area (Å²) < 4.78 is 5.47. The van der Waals surface area contributed by atoms with E-state index >= 15 is 0 Å². The lowest BCUT2D eigenvalue weighted by Gasteiger charge is -2.37. The fraction of sp³-hybridized carbons (Fsp3) is 0.346. The van der Waals surface area contributed by atoms with Crippen molar-refractivity contribution in [3.05, 3.63) is 53.8 Å². The molecule has 1 fully saturated rings. The van der Waals surface area contributed by atoms with E-state index in [9.17, 15) is 14.4 Å². The predicted molar refractivity (Wildman–Crippen MR) is 155 cm³/mol. The highest BCUT2D eigenvalue weighted by Gasteiger charge is 2.27. The van der Waals surface area contributed by atoms with Gasteiger partial charge < -0.3 is 25.2 Å². The second-order valence-corrected chi connectivity index (χ2v) is 11.4. The molecule has 2 aromatic heterocycles. The number of hydrogen-bond donors (Lipinski definition) is 3. The molecule has 4 rings (SSSR count). The molecule has 3 aromatic rings. The topological polar surface area (TPSA) is 129 Å². The summed E-state index contributed by atoms with van der Waals surface area (Å²) in [5.41, 5.74) is 1.60. The molecule has 0 bridgehead atoms. The number of benzene rings is 1. The van der Waals surface area contributed by atoms with Crippen molar-refractivity contribution in [3.63, 3.8) is 0 Å². The number of rotatable bonds is 6. The molecule has 1 aliphatic rings. The SMILES string of the molecule is CSc1cccc(NC(=O)Nc2nc(C(=O)Nc3cnccc3N3CCN(C(=O)OC(C)(C)C)CC3)cs2)c1. The molecule has 3 heterocycles. The van der Waals surface area contributed by atoms with Crippen LogP contribution in [-0.2, 0) is 4.74 Å². The average Bonchev–Trinajstić information content (AvgIpc) is 3.36. The lowest BCUT2D eigenvalue weighted by atomic mass is 10.2. The molecular weight excluding hydrogens is 538 g/mol. The standard InChI is InChI=1S/C26H31N7O4S2/c1-26(2,3)37-25(36)33-12-10-32(11-13-33)21-8-9-27-15-19(21)29-22(34)20-16-39-24(30-20)31-23(35)28-17-6-5-7-18(14-17)38-4/h5-9,14-16H,10-13H2,1-4H3,(H,29,34)(H2,28,30,31,35). The zero-order valence-corrected chi connectivity index (χ0v) is 23.8. The Morgan fingerprint density at radius 1 is 1.05 bits per heavy atom. The quantitative estimate of drug-likeness (QED) is 0.345. The summed E-state index contributed by atoms with van der Waals surface area (Å²) in [5, 5.41) is 10.2. The number of nitrogens with one attached hydrogen (secondary N) is 3. The first kappa shape index (κ1) is 28.2. The van der Waals surface area contributed by atoms with Crippen molar-refractivity contribution < 1.29 is 19.1 Å². The number of carbonyl (C=O) groups is 3. The molecule has 0 unspecified atom stereocenters. The normalized spacial score (nSPS) is 13.5. The van der Waals surface area contributed by atoms with E-state index in [0.717, 1.165) is 21.9 Å². The van der Waals surface area contributed by atoms with Crippen LogP contribution in [0.25, 0.3) is 0 Å². The van der Waals surface area contributed by atoms with Crippen LogP contribution in [0.4, 0.5) is 31.8 Å². The van der Waals surface area contributed by atoms with E-state index < -0.39 is 17.5 Å². The van der Waals surface area contributed by atoms with Crippen LogP contribution in [0.1, 0.15) is 31.3 Å². The van der Waals surface area contributed by atoms with E-state index in [-0.39, 0.29) is 11.8 Å². The molecule has 0 spiro atoms. The van der Waals surface area contributed by atoms with Crippen molar-refractivity contribution in [2.75, 3.05) is 53.3 Å². The Morgan fingerprint density at radius 3 is 2.54 bits per heavy atom. The van der Waals surface area contributed by atoms with Crippen molar-refractivity contribution in [1.82, 2.24) is 14.9 Å². The molecule has 1 aliphatic heterocycles. The van der Waals surface area contributed by atoms with E-state index in [1.807, 2.05) is 51.3 Å². The van der Waals surface area contributed by atoms with Crippen molar-refractivity contribution in [2.24, 2.45) is 0 Å². The Hall–Kier alpha value is -3.84. The molecule has 1 aromatic carbocycles. The van der Waals surface area contributed by atoms with Crippen LogP contribution in [0.2, 0.25) is 0 Å². The molecule has 39 heavy (non-hydrogen) atoms. The molecule has 11 nitrogen and oxygen atoms in total. The first-order valence-corrected chi connectivity index (χ1v) is 14.4. The molecule has 0 aliphatic carbocycles. The number of amides is 4. The minimum absolute atomic E-state index is 0.171. The van der Waals surface area contributed by atoms with E-state index in [1.54, 1.807) is 40.5 Å². The van der Waals surface area contributed by atoms with Gasteiger partial charge in [-0.3, -0.25) is 15.1 Å². The third kappa shape index (κ3) is 7.83. The summed E-state index contributed by atoms with van der Waals surface area (Å²) in [7, 11) is 0. The van der Waals surface area contributed by atoms with Gasteiger partial charge in [0.25, 0.3) is 5.91 Å². The summed E-state index contributed by atoms with van der Waals surface area (Å²) in [4.78, 5) is 51.0. The van der Waals surface area contributed by atoms with Gasteiger partial charge in [-0.15, -0.1) is 23.1 Å². The lowest BCUT2D eigenvalue weighted by molar-refractivity contribution is 0.0240. The number of carbonyl (C=O) groups excluding carboxylic acids is 3. The molecule has 1 saturated heterocycles. The maximum Gasteiger partial charge on any atom is 0.410 e. The van der Waals surface area contributed by atoms with Gasteiger partial charge in [-0.05, 0) is 51.3 Å². The van der Waals surface area contributed by atoms with Crippen molar-refractivity contribution in [2.45, 2.75) is 31.3 Å². The molecule has 13 heteroatoms. The van der Waals surface area contributed by atoms with Crippen LogP contribution in [0.5, 0.6) is 0 Å². The monoisotopic (exact) mass is 569 g/mol. The smallest absolute Gasteiger partial charge is 0.410 e. The number of urea groups is 1. The van der Waals surface area contributed by atoms with Gasteiger partial charge in [-0.25, -0.2) is 14.6 Å². The van der Waals surface area contributed by atoms with Crippen LogP contribution >= 0.6 is 23.1 Å². The van der Waals surface area contributed by atoms with Gasteiger partial charge in [0.1, 0.15) is 11.3 Å². The van der Waals surface area contributed by atoms with Gasteiger partial charge in [0.05, 0.1) is 17.6 Å². The second-order valence-electron chi connectivity index (χ2n) is 9.65. The molecule has 3 N–H and O–H groups in total. The molecular formula is C26H31N7O4S2. The number of anilines is 4. The highest BCUT2D eigenvalue weighted by Crippen LogP contribution is 2.27. The van der Waals surface area contributed by atoms with Crippen molar-refractivity contribution in [3.8, 4) is 0 Å². The molecule has 206 valence electrons. The maximum absolute atomic E-state index is 13.0. The number of thioether (sulfide) groups is 1. The summed E-state index contributed by atoms with van der Waals surface area (Å²) in [6.45, 7) is 7.67. The van der Waals surface area contributed by atoms with E-state index in [0.29, 0.717) is 42.7 Å². The molecule has 4 amide bonds. The summed E-state index contributed by atoms with van der Waals surface area (Å²) in [6.07, 6.45) is 4.86. The first-order valence-electron chi connectivity index (χ1n) is 12.3. The number of piperazine rings is 1. The van der Waals surface area contributed by atoms with Gasteiger partial charge >= 0.3 is 12.1 Å². The van der Waals surface area contributed by atoms with Crippen LogP contribution in [0.15, 0.2) is 53.0 Å². The molecule has 0 radical (unpaired) electrons. The number of hydrogen-bond acceptors (Lipinski definition) is 9. The Balaban J connectivity index is 1.34. The zero-order valence-electron chi connectivity index (χ0n) is 22.2. The van der Waals surface area contributed by atoms with Gasteiger partial charge in [-0.2, -0.15) is 0 Å². The van der Waals surface area contributed by atoms with Crippen LogP contribution in [-0.4, -0.2) is 70.9 Å². The van der Waals surface area contributed by atoms with Gasteiger partial charge in [0, 0.05) is 48.3 Å². The third-order valence-electron chi connectivity index (χ3n) is 5.60. The Morgan fingerprint density at radius 2 is 1.82 bits per heavy atom. The fourth-order valence-electron chi connectivity index (χ4n) is 3.80. The number of pyridine rings is 1. The molecule has 0 saturated carbocycles. The van der Waals surface area contributed by atoms with Gasteiger partial charge in [0.2, 0.25) is 0 Å². The second kappa shape index (κ2) is 12.3. The van der Waals surface area contributed by atoms with Gasteiger partial charge in [0.15, 0.2) is 5.13 Å². The largest absolute Gasteiger partial charge is 0.444 e.